The highest BCUT2D eigenvalue weighted by atomic mass is 79.9. The molecule has 0 atom stereocenters. The van der Waals surface area contributed by atoms with E-state index in [-0.39, 0.29) is 23.1 Å². The van der Waals surface area contributed by atoms with Gasteiger partial charge in [-0.15, -0.1) is 0 Å². The Labute approximate surface area is 201 Å². The van der Waals surface area contributed by atoms with Crippen LogP contribution in [0, 0.1) is 11.3 Å². The van der Waals surface area contributed by atoms with Crippen LogP contribution in [0.4, 0.5) is 0 Å². The molecule has 2 aromatic rings. The molecule has 0 aliphatic carbocycles. The summed E-state index contributed by atoms with van der Waals surface area (Å²) in [6, 6.07) is 12.0. The minimum atomic E-state index is -0.604. The second-order valence-corrected chi connectivity index (χ2v) is 7.99. The summed E-state index contributed by atoms with van der Waals surface area (Å²) in [5.74, 6) is 0.0608. The molecule has 33 heavy (non-hydrogen) atoms. The molecule has 0 spiro atoms. The van der Waals surface area contributed by atoms with Gasteiger partial charge >= 0.3 is 5.97 Å². The number of carbonyl (C=O) groups excluding carboxylic acids is 2. The predicted octanol–water partition coefficient (Wildman–Crippen LogP) is 4.91. The summed E-state index contributed by atoms with van der Waals surface area (Å²) in [6.07, 6.45) is 4.34. The SMILES string of the molecule is CCOc1ccc(Br)cc1/C=C/C(=O)Oc1ccc(/C=C(\C#N)C(=O)NC(C)C)cc1OC. The molecule has 2 aromatic carbocycles. The van der Waals surface area contributed by atoms with Crippen LogP contribution in [0.1, 0.15) is 31.9 Å². The molecule has 0 heterocycles. The van der Waals surface area contributed by atoms with Crippen molar-refractivity contribution in [2.24, 2.45) is 0 Å². The van der Waals surface area contributed by atoms with Crippen molar-refractivity contribution in [2.45, 2.75) is 26.8 Å². The Morgan fingerprint density at radius 3 is 2.52 bits per heavy atom. The number of amides is 1. The minimum absolute atomic E-state index is 0.0439. The lowest BCUT2D eigenvalue weighted by Gasteiger charge is -2.10. The molecule has 0 aromatic heterocycles. The third-order valence-electron chi connectivity index (χ3n) is 4.16. The van der Waals surface area contributed by atoms with Gasteiger partial charge in [0.05, 0.1) is 13.7 Å². The van der Waals surface area contributed by atoms with Gasteiger partial charge in [-0.1, -0.05) is 22.0 Å². The molecule has 7 nitrogen and oxygen atoms in total. The summed E-state index contributed by atoms with van der Waals surface area (Å²) < 4.78 is 17.1. The zero-order valence-corrected chi connectivity index (χ0v) is 20.4. The second-order valence-electron chi connectivity index (χ2n) is 7.08. The minimum Gasteiger partial charge on any atom is -0.493 e. The van der Waals surface area contributed by atoms with E-state index in [4.69, 9.17) is 14.2 Å². The van der Waals surface area contributed by atoms with Gasteiger partial charge in [0.25, 0.3) is 5.91 Å². The molecule has 8 heteroatoms. The molecule has 0 unspecified atom stereocenters. The monoisotopic (exact) mass is 512 g/mol. The van der Waals surface area contributed by atoms with Crippen LogP contribution in [0.15, 0.2) is 52.5 Å². The molecule has 0 bridgehead atoms. The van der Waals surface area contributed by atoms with Gasteiger partial charge in [-0.3, -0.25) is 4.79 Å². The number of rotatable bonds is 9. The normalized spacial score (nSPS) is 11.2. The Hall–Kier alpha value is -3.57. The Morgan fingerprint density at radius 2 is 1.88 bits per heavy atom. The topological polar surface area (TPSA) is 97.7 Å². The van der Waals surface area contributed by atoms with Crippen molar-refractivity contribution in [3.05, 3.63) is 63.6 Å². The Morgan fingerprint density at radius 1 is 1.15 bits per heavy atom. The van der Waals surface area contributed by atoms with Crippen LogP contribution in [-0.2, 0) is 9.59 Å². The second kappa shape index (κ2) is 12.5. The van der Waals surface area contributed by atoms with Crippen molar-refractivity contribution in [3.8, 4) is 23.3 Å². The maximum absolute atomic E-state index is 12.4. The molecule has 0 aliphatic heterocycles. The van der Waals surface area contributed by atoms with E-state index in [0.29, 0.717) is 17.9 Å². The molecule has 1 N–H and O–H groups in total. The van der Waals surface area contributed by atoms with Gasteiger partial charge < -0.3 is 19.5 Å². The summed E-state index contributed by atoms with van der Waals surface area (Å²) in [7, 11) is 1.43. The first-order valence-electron chi connectivity index (χ1n) is 10.2. The number of nitrogens with one attached hydrogen (secondary N) is 1. The van der Waals surface area contributed by atoms with E-state index in [1.807, 2.05) is 45.0 Å². The van der Waals surface area contributed by atoms with Gasteiger partial charge in [-0.05, 0) is 68.8 Å². The molecule has 2 rings (SSSR count). The third-order valence-corrected chi connectivity index (χ3v) is 4.66. The Kier molecular flexibility index (Phi) is 9.70. The highest BCUT2D eigenvalue weighted by Crippen LogP contribution is 2.30. The van der Waals surface area contributed by atoms with E-state index in [9.17, 15) is 14.9 Å². The average molecular weight is 513 g/mol. The summed E-state index contributed by atoms with van der Waals surface area (Å²) in [4.78, 5) is 24.5. The van der Waals surface area contributed by atoms with Crippen LogP contribution in [0.5, 0.6) is 17.2 Å². The summed E-state index contributed by atoms with van der Waals surface area (Å²) >= 11 is 3.40. The van der Waals surface area contributed by atoms with Crippen molar-refractivity contribution in [1.82, 2.24) is 5.32 Å². The first-order chi connectivity index (χ1) is 15.8. The molecule has 1 amide bonds. The standard InChI is InChI=1S/C25H25BrN2O5/c1-5-32-21-10-8-20(26)14-18(21)7-11-24(29)33-22-9-6-17(13-23(22)31-4)12-19(15-27)25(30)28-16(2)3/h6-14,16H,5H2,1-4H3,(H,28,30)/b11-7+,19-12+. The van der Waals surface area contributed by atoms with Gasteiger partial charge in [-0.2, -0.15) is 5.26 Å². The first-order valence-corrected chi connectivity index (χ1v) is 11.0. The van der Waals surface area contributed by atoms with Crippen LogP contribution in [0.25, 0.3) is 12.2 Å². The van der Waals surface area contributed by atoms with Crippen LogP contribution in [0.2, 0.25) is 0 Å². The molecule has 0 radical (unpaired) electrons. The fourth-order valence-corrected chi connectivity index (χ4v) is 3.13. The summed E-state index contributed by atoms with van der Waals surface area (Å²) in [5.41, 5.74) is 1.23. The number of carbonyl (C=O) groups is 2. The van der Waals surface area contributed by atoms with E-state index in [1.165, 1.54) is 25.3 Å². The lowest BCUT2D eigenvalue weighted by atomic mass is 10.1. The van der Waals surface area contributed by atoms with Crippen LogP contribution < -0.4 is 19.5 Å². The van der Waals surface area contributed by atoms with Crippen molar-refractivity contribution in [2.75, 3.05) is 13.7 Å². The number of halogens is 1. The van der Waals surface area contributed by atoms with E-state index < -0.39 is 11.9 Å². The molecular formula is C25H25BrN2O5. The number of methoxy groups -OCH3 is 1. The summed E-state index contributed by atoms with van der Waals surface area (Å²) in [5, 5.41) is 12.0. The summed E-state index contributed by atoms with van der Waals surface area (Å²) in [6.45, 7) is 5.99. The van der Waals surface area contributed by atoms with Crippen LogP contribution in [-0.4, -0.2) is 31.6 Å². The van der Waals surface area contributed by atoms with Gasteiger partial charge in [0, 0.05) is 22.2 Å². The predicted molar refractivity (Wildman–Crippen MR) is 130 cm³/mol. The molecule has 0 saturated heterocycles. The number of esters is 1. The molecule has 0 aliphatic rings. The highest BCUT2D eigenvalue weighted by molar-refractivity contribution is 9.10. The van der Waals surface area contributed by atoms with Gasteiger partial charge in [-0.25, -0.2) is 4.79 Å². The number of nitriles is 1. The fourth-order valence-electron chi connectivity index (χ4n) is 2.75. The molecule has 0 saturated carbocycles. The maximum Gasteiger partial charge on any atom is 0.336 e. The lowest BCUT2D eigenvalue weighted by Crippen LogP contribution is -2.30. The maximum atomic E-state index is 12.4. The van der Waals surface area contributed by atoms with Crippen molar-refractivity contribution in [1.29, 1.82) is 5.26 Å². The van der Waals surface area contributed by atoms with Crippen molar-refractivity contribution < 1.29 is 23.8 Å². The zero-order valence-electron chi connectivity index (χ0n) is 18.8. The van der Waals surface area contributed by atoms with Gasteiger partial charge in [0.2, 0.25) is 0 Å². The Bertz CT molecular complexity index is 1120. The zero-order chi connectivity index (χ0) is 24.4. The van der Waals surface area contributed by atoms with Crippen molar-refractivity contribution >= 4 is 40.0 Å². The van der Waals surface area contributed by atoms with Gasteiger partial charge in [0.15, 0.2) is 11.5 Å². The number of nitrogens with zero attached hydrogens (tertiary/aromatic N) is 1. The van der Waals surface area contributed by atoms with E-state index in [0.717, 1.165) is 10.0 Å². The largest absolute Gasteiger partial charge is 0.493 e. The Balaban J connectivity index is 2.20. The van der Waals surface area contributed by atoms with E-state index >= 15 is 0 Å². The molecular weight excluding hydrogens is 488 g/mol. The van der Waals surface area contributed by atoms with Gasteiger partial charge in [0.1, 0.15) is 17.4 Å². The van der Waals surface area contributed by atoms with E-state index in [2.05, 4.69) is 21.2 Å². The number of ether oxygens (including phenoxy) is 3. The fraction of sp³-hybridized carbons (Fsp3) is 0.240. The quantitative estimate of drug-likeness (QED) is 0.222. The highest BCUT2D eigenvalue weighted by Gasteiger charge is 2.13. The van der Waals surface area contributed by atoms with Crippen LogP contribution in [0.3, 0.4) is 0 Å². The van der Waals surface area contributed by atoms with Crippen LogP contribution >= 0.6 is 15.9 Å². The smallest absolute Gasteiger partial charge is 0.336 e. The molecule has 172 valence electrons. The first kappa shape index (κ1) is 25.7. The van der Waals surface area contributed by atoms with Crippen molar-refractivity contribution in [3.63, 3.8) is 0 Å². The number of hydrogen-bond acceptors (Lipinski definition) is 6. The average Bonchev–Trinajstić information content (AvgIpc) is 2.77. The lowest BCUT2D eigenvalue weighted by molar-refractivity contribution is -0.129. The molecule has 0 fully saturated rings. The third kappa shape index (κ3) is 7.81. The van der Waals surface area contributed by atoms with E-state index in [1.54, 1.807) is 18.2 Å². The number of benzene rings is 2. The number of hydrogen-bond donors (Lipinski definition) is 1.